The van der Waals surface area contributed by atoms with Gasteiger partial charge in [-0.2, -0.15) is 0 Å². The molecule has 6 nitrogen and oxygen atoms in total. The van der Waals surface area contributed by atoms with Gasteiger partial charge in [0.15, 0.2) is 5.76 Å². The largest absolute Gasteiger partial charge is 0.360 e. The third-order valence-electron chi connectivity index (χ3n) is 4.84. The van der Waals surface area contributed by atoms with Crippen molar-refractivity contribution >= 4 is 11.6 Å². The summed E-state index contributed by atoms with van der Waals surface area (Å²) in [5, 5.41) is 3.93. The van der Waals surface area contributed by atoms with Crippen molar-refractivity contribution in [1.82, 2.24) is 15.0 Å². The van der Waals surface area contributed by atoms with Crippen LogP contribution in [0.1, 0.15) is 18.4 Å². The Morgan fingerprint density at radius 3 is 2.52 bits per heavy atom. The standard InChI is InChI=1S/C19H26N4O2/c1-15-13-18(25-20-15)14-22-9-11-23(12-10-22)16(2)19(24)21(3)17-7-5-4-6-8-17/h4-8,13,16H,9-12,14H2,1-3H3. The minimum absolute atomic E-state index is 0.125. The summed E-state index contributed by atoms with van der Waals surface area (Å²) in [6, 6.07) is 11.6. The van der Waals surface area contributed by atoms with Crippen LogP contribution in [0.15, 0.2) is 40.9 Å². The van der Waals surface area contributed by atoms with Crippen molar-refractivity contribution in [3.8, 4) is 0 Å². The number of piperazine rings is 1. The van der Waals surface area contributed by atoms with Gasteiger partial charge in [-0.3, -0.25) is 14.6 Å². The zero-order valence-electron chi connectivity index (χ0n) is 15.2. The van der Waals surface area contributed by atoms with Crippen molar-refractivity contribution in [2.24, 2.45) is 0 Å². The number of likely N-dealkylation sites (N-methyl/N-ethyl adjacent to an activating group) is 1. The van der Waals surface area contributed by atoms with Crippen LogP contribution in [0.3, 0.4) is 0 Å². The summed E-state index contributed by atoms with van der Waals surface area (Å²) in [6.07, 6.45) is 0. The number of hydrogen-bond acceptors (Lipinski definition) is 5. The van der Waals surface area contributed by atoms with Crippen LogP contribution in [0.4, 0.5) is 5.69 Å². The molecule has 1 aliphatic rings. The normalized spacial score (nSPS) is 17.4. The van der Waals surface area contributed by atoms with Gasteiger partial charge in [0.25, 0.3) is 0 Å². The van der Waals surface area contributed by atoms with E-state index in [9.17, 15) is 4.79 Å². The zero-order valence-corrected chi connectivity index (χ0v) is 15.2. The van der Waals surface area contributed by atoms with E-state index in [1.54, 1.807) is 4.90 Å². The molecular formula is C19H26N4O2. The Balaban J connectivity index is 1.52. The van der Waals surface area contributed by atoms with E-state index in [2.05, 4.69) is 15.0 Å². The lowest BCUT2D eigenvalue weighted by Gasteiger charge is -2.38. The highest BCUT2D eigenvalue weighted by Gasteiger charge is 2.28. The van der Waals surface area contributed by atoms with Crippen LogP contribution >= 0.6 is 0 Å². The Bertz CT molecular complexity index is 692. The van der Waals surface area contributed by atoms with Crippen molar-refractivity contribution in [1.29, 1.82) is 0 Å². The second-order valence-corrected chi connectivity index (χ2v) is 6.66. The maximum absolute atomic E-state index is 12.8. The fraction of sp³-hybridized carbons (Fsp3) is 0.474. The maximum Gasteiger partial charge on any atom is 0.243 e. The number of nitrogens with zero attached hydrogens (tertiary/aromatic N) is 4. The first-order chi connectivity index (χ1) is 12.0. The molecule has 25 heavy (non-hydrogen) atoms. The average Bonchev–Trinajstić information content (AvgIpc) is 3.06. The molecule has 1 saturated heterocycles. The summed E-state index contributed by atoms with van der Waals surface area (Å²) in [6.45, 7) is 8.31. The molecule has 1 aromatic heterocycles. The molecule has 0 aliphatic carbocycles. The summed E-state index contributed by atoms with van der Waals surface area (Å²) < 4.78 is 5.29. The van der Waals surface area contributed by atoms with E-state index in [1.807, 2.05) is 57.3 Å². The summed E-state index contributed by atoms with van der Waals surface area (Å²) in [7, 11) is 1.84. The Hall–Kier alpha value is -2.18. The molecule has 6 heteroatoms. The fourth-order valence-electron chi connectivity index (χ4n) is 3.24. The van der Waals surface area contributed by atoms with Crippen LogP contribution in [-0.4, -0.2) is 60.1 Å². The van der Waals surface area contributed by atoms with Gasteiger partial charge in [0.05, 0.1) is 18.3 Å². The maximum atomic E-state index is 12.8. The van der Waals surface area contributed by atoms with Crippen LogP contribution in [0.5, 0.6) is 0 Å². The van der Waals surface area contributed by atoms with Crippen molar-refractivity contribution in [3.63, 3.8) is 0 Å². The van der Waals surface area contributed by atoms with Crippen molar-refractivity contribution in [2.45, 2.75) is 26.4 Å². The predicted octanol–water partition coefficient (Wildman–Crippen LogP) is 2.15. The van der Waals surface area contributed by atoms with Gasteiger partial charge in [-0.25, -0.2) is 0 Å². The molecule has 1 unspecified atom stereocenters. The Morgan fingerprint density at radius 1 is 1.24 bits per heavy atom. The smallest absolute Gasteiger partial charge is 0.243 e. The van der Waals surface area contributed by atoms with Crippen molar-refractivity contribution < 1.29 is 9.32 Å². The number of carbonyl (C=O) groups is 1. The summed E-state index contributed by atoms with van der Waals surface area (Å²) >= 11 is 0. The topological polar surface area (TPSA) is 52.8 Å². The molecular weight excluding hydrogens is 316 g/mol. The number of carbonyl (C=O) groups excluding carboxylic acids is 1. The molecule has 1 atom stereocenters. The third-order valence-corrected chi connectivity index (χ3v) is 4.84. The number of anilines is 1. The summed E-state index contributed by atoms with van der Waals surface area (Å²) in [5.41, 5.74) is 1.84. The van der Waals surface area contributed by atoms with Crippen LogP contribution in [0.25, 0.3) is 0 Å². The van der Waals surface area contributed by atoms with Gasteiger partial charge in [0, 0.05) is 45.0 Å². The SMILES string of the molecule is Cc1cc(CN2CCN(C(C)C(=O)N(C)c3ccccc3)CC2)on1. The fourth-order valence-corrected chi connectivity index (χ4v) is 3.24. The van der Waals surface area contributed by atoms with Gasteiger partial charge < -0.3 is 9.42 Å². The van der Waals surface area contributed by atoms with Gasteiger partial charge in [-0.1, -0.05) is 23.4 Å². The van der Waals surface area contributed by atoms with Crippen LogP contribution in [-0.2, 0) is 11.3 Å². The molecule has 0 radical (unpaired) electrons. The number of aromatic nitrogens is 1. The van der Waals surface area contributed by atoms with E-state index < -0.39 is 0 Å². The number of amides is 1. The van der Waals surface area contributed by atoms with Gasteiger partial charge in [0.1, 0.15) is 0 Å². The molecule has 0 saturated carbocycles. The van der Waals surface area contributed by atoms with Crippen LogP contribution in [0.2, 0.25) is 0 Å². The van der Waals surface area contributed by atoms with Crippen molar-refractivity contribution in [3.05, 3.63) is 47.9 Å². The number of para-hydroxylation sites is 1. The van der Waals surface area contributed by atoms with Crippen LogP contribution in [0, 0.1) is 6.92 Å². The van der Waals surface area contributed by atoms with Gasteiger partial charge in [-0.15, -0.1) is 0 Å². The number of aryl methyl sites for hydroxylation is 1. The highest BCUT2D eigenvalue weighted by molar-refractivity contribution is 5.96. The first-order valence-corrected chi connectivity index (χ1v) is 8.76. The minimum atomic E-state index is -0.125. The van der Waals surface area contributed by atoms with Gasteiger partial charge >= 0.3 is 0 Å². The molecule has 2 heterocycles. The van der Waals surface area contributed by atoms with E-state index >= 15 is 0 Å². The minimum Gasteiger partial charge on any atom is -0.360 e. The van der Waals surface area contributed by atoms with E-state index in [0.29, 0.717) is 0 Å². The Labute approximate surface area is 149 Å². The zero-order chi connectivity index (χ0) is 17.8. The molecule has 1 aromatic carbocycles. The summed E-state index contributed by atoms with van der Waals surface area (Å²) in [5.74, 6) is 1.03. The molecule has 0 spiro atoms. The third kappa shape index (κ3) is 4.27. The molecule has 2 aromatic rings. The molecule has 1 fully saturated rings. The number of benzene rings is 1. The van der Waals surface area contributed by atoms with E-state index in [1.165, 1.54) is 0 Å². The molecule has 0 bridgehead atoms. The first kappa shape index (κ1) is 17.6. The van der Waals surface area contributed by atoms with E-state index in [0.717, 1.165) is 49.9 Å². The number of rotatable bonds is 5. The molecule has 0 N–H and O–H groups in total. The van der Waals surface area contributed by atoms with E-state index in [4.69, 9.17) is 4.52 Å². The molecule has 1 amide bonds. The lowest BCUT2D eigenvalue weighted by atomic mass is 10.2. The predicted molar refractivity (Wildman–Crippen MR) is 97.4 cm³/mol. The lowest BCUT2D eigenvalue weighted by Crippen LogP contribution is -2.53. The average molecular weight is 342 g/mol. The van der Waals surface area contributed by atoms with E-state index in [-0.39, 0.29) is 11.9 Å². The second kappa shape index (κ2) is 7.80. The van der Waals surface area contributed by atoms with Crippen molar-refractivity contribution in [2.75, 3.05) is 38.1 Å². The molecule has 134 valence electrons. The van der Waals surface area contributed by atoms with Gasteiger partial charge in [-0.05, 0) is 26.0 Å². The monoisotopic (exact) mass is 342 g/mol. The number of hydrogen-bond donors (Lipinski definition) is 0. The highest BCUT2D eigenvalue weighted by atomic mass is 16.5. The lowest BCUT2D eigenvalue weighted by molar-refractivity contribution is -0.123. The molecule has 3 rings (SSSR count). The van der Waals surface area contributed by atoms with Crippen LogP contribution < -0.4 is 4.90 Å². The Kier molecular flexibility index (Phi) is 5.50. The quantitative estimate of drug-likeness (QED) is 0.833. The summed E-state index contributed by atoms with van der Waals surface area (Å²) in [4.78, 5) is 19.1. The van der Waals surface area contributed by atoms with Gasteiger partial charge in [0.2, 0.25) is 5.91 Å². The first-order valence-electron chi connectivity index (χ1n) is 8.76. The Morgan fingerprint density at radius 2 is 1.92 bits per heavy atom. The highest BCUT2D eigenvalue weighted by Crippen LogP contribution is 2.16. The molecule has 1 aliphatic heterocycles. The second-order valence-electron chi connectivity index (χ2n) is 6.66.